The molecule has 1 aliphatic rings. The fourth-order valence-corrected chi connectivity index (χ4v) is 2.42. The highest BCUT2D eigenvalue weighted by molar-refractivity contribution is 5.96. The molecule has 0 bridgehead atoms. The van der Waals surface area contributed by atoms with E-state index in [1.165, 1.54) is 0 Å². The van der Waals surface area contributed by atoms with E-state index in [-0.39, 0.29) is 11.9 Å². The van der Waals surface area contributed by atoms with Gasteiger partial charge >= 0.3 is 0 Å². The minimum atomic E-state index is -0.131. The Morgan fingerprint density at radius 3 is 2.90 bits per heavy atom. The molecule has 7 nitrogen and oxygen atoms in total. The van der Waals surface area contributed by atoms with E-state index < -0.39 is 0 Å². The monoisotopic (exact) mass is 287 g/mol. The highest BCUT2D eigenvalue weighted by atomic mass is 16.5. The van der Waals surface area contributed by atoms with Gasteiger partial charge in [0.05, 0.1) is 24.5 Å². The van der Waals surface area contributed by atoms with E-state index in [0.29, 0.717) is 11.4 Å². The quantitative estimate of drug-likeness (QED) is 0.875. The molecular weight excluding hydrogens is 270 g/mol. The van der Waals surface area contributed by atoms with Crippen LogP contribution >= 0.6 is 0 Å². The maximum atomic E-state index is 12.2. The third-order valence-electron chi connectivity index (χ3n) is 3.53. The van der Waals surface area contributed by atoms with E-state index >= 15 is 0 Å². The average molecular weight is 287 g/mol. The Kier molecular flexibility index (Phi) is 3.83. The van der Waals surface area contributed by atoms with Crippen LogP contribution in [0.3, 0.4) is 0 Å². The normalized spacial score (nSPS) is 17.7. The third kappa shape index (κ3) is 2.87. The largest absolute Gasteiger partial charge is 0.495 e. The summed E-state index contributed by atoms with van der Waals surface area (Å²) >= 11 is 0. The molecule has 2 heterocycles. The van der Waals surface area contributed by atoms with E-state index in [1.54, 1.807) is 24.3 Å². The van der Waals surface area contributed by atoms with Crippen molar-refractivity contribution in [1.29, 1.82) is 0 Å². The van der Waals surface area contributed by atoms with E-state index in [9.17, 15) is 4.79 Å². The number of carbonyl (C=O) groups excluding carboxylic acids is 1. The maximum Gasteiger partial charge on any atom is 0.241 e. The van der Waals surface area contributed by atoms with Crippen molar-refractivity contribution in [3.63, 3.8) is 0 Å². The number of nitrogens with zero attached hydrogens (tertiary/aromatic N) is 3. The second-order valence-corrected chi connectivity index (χ2v) is 4.89. The first-order valence-electron chi connectivity index (χ1n) is 6.85. The molecule has 1 fully saturated rings. The number of hydrogen-bond acceptors (Lipinski definition) is 5. The number of methoxy groups -OCH3 is 1. The first-order valence-corrected chi connectivity index (χ1v) is 6.85. The predicted octanol–water partition coefficient (Wildman–Crippen LogP) is 0.966. The number of amides is 1. The Balaban J connectivity index is 1.85. The molecule has 21 heavy (non-hydrogen) atoms. The molecular formula is C14H17N5O2. The summed E-state index contributed by atoms with van der Waals surface area (Å²) in [5.41, 5.74) is 1.50. The number of hydrogen-bond donors (Lipinski definition) is 2. The summed E-state index contributed by atoms with van der Waals surface area (Å²) in [4.78, 5) is 12.2. The van der Waals surface area contributed by atoms with Gasteiger partial charge in [-0.25, -0.2) is 0 Å². The molecule has 0 saturated carbocycles. The van der Waals surface area contributed by atoms with Crippen LogP contribution in [-0.2, 0) is 4.79 Å². The zero-order chi connectivity index (χ0) is 14.7. The minimum Gasteiger partial charge on any atom is -0.495 e. The second kappa shape index (κ2) is 5.92. The summed E-state index contributed by atoms with van der Waals surface area (Å²) in [6.07, 6.45) is 5.09. The standard InChI is InChI=1S/C14H17N5O2/c1-21-13-5-4-10(19-8-16-17-9-19)7-12(13)18-14(20)11-3-2-6-15-11/h4-5,7-9,11,15H,2-3,6H2,1H3,(H,18,20)/t11-/m1/s1. The minimum absolute atomic E-state index is 0.0355. The molecule has 0 radical (unpaired) electrons. The van der Waals surface area contributed by atoms with Gasteiger partial charge in [-0.3, -0.25) is 9.36 Å². The third-order valence-corrected chi connectivity index (χ3v) is 3.53. The van der Waals surface area contributed by atoms with Gasteiger partial charge in [0.1, 0.15) is 18.4 Å². The first kappa shape index (κ1) is 13.6. The van der Waals surface area contributed by atoms with Crippen molar-refractivity contribution >= 4 is 11.6 Å². The fourth-order valence-electron chi connectivity index (χ4n) is 2.42. The van der Waals surface area contributed by atoms with Gasteiger partial charge in [0.2, 0.25) is 5.91 Å². The molecule has 1 saturated heterocycles. The lowest BCUT2D eigenvalue weighted by atomic mass is 10.2. The Morgan fingerprint density at radius 2 is 2.24 bits per heavy atom. The zero-order valence-corrected chi connectivity index (χ0v) is 11.7. The number of aromatic nitrogens is 3. The van der Waals surface area contributed by atoms with E-state index in [4.69, 9.17) is 4.74 Å². The lowest BCUT2D eigenvalue weighted by molar-refractivity contribution is -0.117. The topological polar surface area (TPSA) is 81.1 Å². The Bertz CT molecular complexity index is 620. The van der Waals surface area contributed by atoms with Gasteiger partial charge < -0.3 is 15.4 Å². The van der Waals surface area contributed by atoms with E-state index in [2.05, 4.69) is 20.8 Å². The lowest BCUT2D eigenvalue weighted by Crippen LogP contribution is -2.35. The number of carbonyl (C=O) groups is 1. The Hall–Kier alpha value is -2.41. The van der Waals surface area contributed by atoms with Crippen LogP contribution in [0.25, 0.3) is 5.69 Å². The van der Waals surface area contributed by atoms with E-state index in [0.717, 1.165) is 25.1 Å². The molecule has 1 aliphatic heterocycles. The summed E-state index contributed by atoms with van der Waals surface area (Å²) in [5, 5.41) is 13.7. The molecule has 2 N–H and O–H groups in total. The van der Waals surface area contributed by atoms with E-state index in [1.807, 2.05) is 18.2 Å². The highest BCUT2D eigenvalue weighted by Gasteiger charge is 2.22. The SMILES string of the molecule is COc1ccc(-n2cnnc2)cc1NC(=O)[C@H]1CCCN1. The van der Waals surface area contributed by atoms with Crippen LogP contribution in [0.1, 0.15) is 12.8 Å². The lowest BCUT2D eigenvalue weighted by Gasteiger charge is -2.15. The van der Waals surface area contributed by atoms with Crippen molar-refractivity contribution in [2.24, 2.45) is 0 Å². The number of nitrogens with one attached hydrogen (secondary N) is 2. The van der Waals surface area contributed by atoms with Crippen molar-refractivity contribution in [3.05, 3.63) is 30.9 Å². The van der Waals surface area contributed by atoms with Gasteiger partial charge in [0.25, 0.3) is 0 Å². The summed E-state index contributed by atoms with van der Waals surface area (Å²) < 4.78 is 7.07. The van der Waals surface area contributed by atoms with Gasteiger partial charge in [-0.2, -0.15) is 0 Å². The highest BCUT2D eigenvalue weighted by Crippen LogP contribution is 2.27. The zero-order valence-electron chi connectivity index (χ0n) is 11.7. The smallest absolute Gasteiger partial charge is 0.241 e. The van der Waals surface area contributed by atoms with Crippen LogP contribution in [-0.4, -0.2) is 40.4 Å². The number of rotatable bonds is 4. The number of ether oxygens (including phenoxy) is 1. The summed E-state index contributed by atoms with van der Waals surface area (Å²) in [5.74, 6) is 0.588. The van der Waals surface area contributed by atoms with Crippen molar-refractivity contribution in [2.75, 3.05) is 19.0 Å². The molecule has 3 rings (SSSR count). The van der Waals surface area contributed by atoms with Crippen LogP contribution in [0.15, 0.2) is 30.9 Å². The molecule has 1 aromatic heterocycles. The van der Waals surface area contributed by atoms with Crippen LogP contribution in [0.4, 0.5) is 5.69 Å². The van der Waals surface area contributed by atoms with Crippen LogP contribution < -0.4 is 15.4 Å². The fraction of sp³-hybridized carbons (Fsp3) is 0.357. The van der Waals surface area contributed by atoms with Gasteiger partial charge in [0, 0.05) is 0 Å². The van der Waals surface area contributed by atoms with Crippen LogP contribution in [0.5, 0.6) is 5.75 Å². The van der Waals surface area contributed by atoms with Gasteiger partial charge in [-0.05, 0) is 37.6 Å². The maximum absolute atomic E-state index is 12.2. The first-order chi connectivity index (χ1) is 10.3. The predicted molar refractivity (Wildman–Crippen MR) is 77.6 cm³/mol. The Labute approximate surface area is 122 Å². The number of anilines is 1. The van der Waals surface area contributed by atoms with Crippen molar-refractivity contribution in [2.45, 2.75) is 18.9 Å². The summed E-state index contributed by atoms with van der Waals surface area (Å²) in [6.45, 7) is 0.885. The second-order valence-electron chi connectivity index (χ2n) is 4.89. The van der Waals surface area contributed by atoms with Crippen LogP contribution in [0.2, 0.25) is 0 Å². The van der Waals surface area contributed by atoms with Crippen molar-refractivity contribution in [3.8, 4) is 11.4 Å². The molecule has 2 aromatic rings. The van der Waals surface area contributed by atoms with Gasteiger partial charge in [0.15, 0.2) is 0 Å². The Morgan fingerprint density at radius 1 is 1.43 bits per heavy atom. The van der Waals surface area contributed by atoms with Crippen molar-refractivity contribution in [1.82, 2.24) is 20.1 Å². The molecule has 1 atom stereocenters. The molecule has 1 aromatic carbocycles. The molecule has 1 amide bonds. The summed E-state index contributed by atoms with van der Waals surface area (Å²) in [7, 11) is 1.58. The summed E-state index contributed by atoms with van der Waals surface area (Å²) in [6, 6.07) is 5.40. The van der Waals surface area contributed by atoms with Crippen LogP contribution in [0, 0.1) is 0 Å². The molecule has 0 unspecified atom stereocenters. The van der Waals surface area contributed by atoms with Crippen molar-refractivity contribution < 1.29 is 9.53 Å². The van der Waals surface area contributed by atoms with Gasteiger partial charge in [-0.1, -0.05) is 0 Å². The molecule has 110 valence electrons. The number of benzene rings is 1. The van der Waals surface area contributed by atoms with Gasteiger partial charge in [-0.15, -0.1) is 10.2 Å². The molecule has 7 heteroatoms. The molecule has 0 aliphatic carbocycles. The average Bonchev–Trinajstić information content (AvgIpc) is 3.20. The molecule has 0 spiro atoms.